The van der Waals surface area contributed by atoms with Gasteiger partial charge in [-0.25, -0.2) is 15.0 Å². The van der Waals surface area contributed by atoms with Crippen molar-refractivity contribution in [3.8, 4) is 6.07 Å². The van der Waals surface area contributed by atoms with E-state index in [-0.39, 0.29) is 30.1 Å². The maximum atomic E-state index is 13.9. The predicted octanol–water partition coefficient (Wildman–Crippen LogP) is 3.49. The summed E-state index contributed by atoms with van der Waals surface area (Å²) in [7, 11) is 0. The van der Waals surface area contributed by atoms with Crippen LogP contribution in [0.15, 0.2) is 65.8 Å². The monoisotopic (exact) mass is 507 g/mol. The molecule has 2 aromatic carbocycles. The van der Waals surface area contributed by atoms with E-state index < -0.39 is 5.54 Å². The van der Waals surface area contributed by atoms with Gasteiger partial charge >= 0.3 is 0 Å². The average Bonchev–Trinajstić information content (AvgIpc) is 3.46. The summed E-state index contributed by atoms with van der Waals surface area (Å²) in [5.41, 5.74) is 8.93. The fourth-order valence-corrected chi connectivity index (χ4v) is 5.01. The second-order valence-corrected chi connectivity index (χ2v) is 10.2. The molecule has 1 aromatic heterocycles. The molecular weight excluding hydrogens is 478 g/mol. The highest BCUT2D eigenvalue weighted by atomic mass is 16.2. The van der Waals surface area contributed by atoms with Crippen LogP contribution in [0.1, 0.15) is 65.3 Å². The normalized spacial score (nSPS) is 18.5. The van der Waals surface area contributed by atoms with Crippen molar-refractivity contribution in [1.29, 1.82) is 5.26 Å². The van der Waals surface area contributed by atoms with Crippen molar-refractivity contribution in [3.05, 3.63) is 94.6 Å². The molecule has 0 fully saturated rings. The van der Waals surface area contributed by atoms with Gasteiger partial charge in [-0.3, -0.25) is 14.5 Å². The van der Waals surface area contributed by atoms with Gasteiger partial charge in [-0.2, -0.15) is 5.26 Å². The van der Waals surface area contributed by atoms with Crippen LogP contribution >= 0.6 is 0 Å². The first-order valence-corrected chi connectivity index (χ1v) is 12.7. The molecule has 1 unspecified atom stereocenters. The summed E-state index contributed by atoms with van der Waals surface area (Å²) >= 11 is 0. The summed E-state index contributed by atoms with van der Waals surface area (Å²) in [4.78, 5) is 43.3. The van der Waals surface area contributed by atoms with Crippen LogP contribution in [0.4, 0.5) is 0 Å². The third-order valence-electron chi connectivity index (χ3n) is 7.07. The van der Waals surface area contributed by atoms with E-state index >= 15 is 0 Å². The first-order valence-electron chi connectivity index (χ1n) is 12.7. The summed E-state index contributed by atoms with van der Waals surface area (Å²) in [6.07, 6.45) is 2.99. The van der Waals surface area contributed by atoms with E-state index in [1.807, 2.05) is 42.5 Å². The molecule has 0 saturated heterocycles. The van der Waals surface area contributed by atoms with Gasteiger partial charge in [0.1, 0.15) is 6.07 Å². The van der Waals surface area contributed by atoms with Crippen molar-refractivity contribution < 1.29 is 9.59 Å². The smallest absolute Gasteiger partial charge is 0.262 e. The van der Waals surface area contributed by atoms with Crippen molar-refractivity contribution in [3.63, 3.8) is 0 Å². The topological polar surface area (TPSA) is 129 Å². The zero-order valence-electron chi connectivity index (χ0n) is 21.5. The third kappa shape index (κ3) is 4.61. The van der Waals surface area contributed by atoms with Gasteiger partial charge in [-0.15, -0.1) is 0 Å². The number of nitriles is 1. The second-order valence-electron chi connectivity index (χ2n) is 10.2. The molecule has 2 N–H and O–H groups in total. The van der Waals surface area contributed by atoms with Crippen molar-refractivity contribution in [2.24, 2.45) is 16.6 Å². The van der Waals surface area contributed by atoms with Gasteiger partial charge < -0.3 is 10.6 Å². The molecule has 9 heteroatoms. The van der Waals surface area contributed by atoms with Crippen LogP contribution in [-0.2, 0) is 30.0 Å². The van der Waals surface area contributed by atoms with E-state index in [4.69, 9.17) is 16.0 Å². The molecule has 2 aliphatic heterocycles. The Hall–Kier alpha value is -4.58. The molecule has 0 radical (unpaired) electrons. The molecular formula is C29H29N7O2. The van der Waals surface area contributed by atoms with Crippen LogP contribution in [0.2, 0.25) is 0 Å². The fraction of sp³-hybridized carbons (Fsp3) is 0.310. The minimum Gasteiger partial charge on any atom is -0.369 e. The number of benzene rings is 2. The Labute approximate surface area is 221 Å². The summed E-state index contributed by atoms with van der Waals surface area (Å²) in [5, 5.41) is 9.06. The number of amides is 2. The fourth-order valence-electron chi connectivity index (χ4n) is 5.01. The van der Waals surface area contributed by atoms with E-state index in [0.29, 0.717) is 36.7 Å². The van der Waals surface area contributed by atoms with Crippen LogP contribution < -0.4 is 5.73 Å². The van der Waals surface area contributed by atoms with Gasteiger partial charge in [-0.1, -0.05) is 56.3 Å². The maximum absolute atomic E-state index is 13.9. The lowest BCUT2D eigenvalue weighted by Crippen LogP contribution is -2.42. The zero-order valence-corrected chi connectivity index (χ0v) is 21.5. The minimum absolute atomic E-state index is 0.0922. The SMILES string of the molecule is CC(C)CCC1(c2ccccc2)N=C(N)N(Cc2cccc(C(=O)N3Cc4cnc(C#N)nc4C3)c2)C1=O. The van der Waals surface area contributed by atoms with Gasteiger partial charge in [0.25, 0.3) is 11.8 Å². The average molecular weight is 508 g/mol. The lowest BCUT2D eigenvalue weighted by molar-refractivity contribution is -0.132. The van der Waals surface area contributed by atoms with E-state index in [1.54, 1.807) is 29.3 Å². The number of guanidine groups is 1. The predicted molar refractivity (Wildman–Crippen MR) is 141 cm³/mol. The molecule has 3 heterocycles. The lowest BCUT2D eigenvalue weighted by Gasteiger charge is -2.27. The van der Waals surface area contributed by atoms with Crippen LogP contribution in [-0.4, -0.2) is 37.5 Å². The number of aliphatic imine (C=N–C) groups is 1. The number of fused-ring (bicyclic) bond motifs is 1. The molecule has 2 amide bonds. The number of carbonyl (C=O) groups excluding carboxylic acids is 2. The molecule has 0 saturated carbocycles. The minimum atomic E-state index is -1.05. The zero-order chi connectivity index (χ0) is 26.9. The summed E-state index contributed by atoms with van der Waals surface area (Å²) in [5.74, 6) is 0.371. The quantitative estimate of drug-likeness (QED) is 0.521. The highest BCUT2D eigenvalue weighted by molar-refractivity contribution is 6.07. The van der Waals surface area contributed by atoms with Gasteiger partial charge in [0.05, 0.1) is 18.8 Å². The first-order chi connectivity index (χ1) is 18.3. The number of carbonyl (C=O) groups is 2. The molecule has 9 nitrogen and oxygen atoms in total. The third-order valence-corrected chi connectivity index (χ3v) is 7.07. The van der Waals surface area contributed by atoms with Gasteiger partial charge in [0.15, 0.2) is 11.5 Å². The second kappa shape index (κ2) is 10.1. The largest absolute Gasteiger partial charge is 0.369 e. The van der Waals surface area contributed by atoms with E-state index in [9.17, 15) is 9.59 Å². The van der Waals surface area contributed by atoms with Gasteiger partial charge in [0.2, 0.25) is 5.82 Å². The van der Waals surface area contributed by atoms with Crippen molar-refractivity contribution in [1.82, 2.24) is 19.8 Å². The number of rotatable bonds is 7. The molecule has 3 aromatic rings. The molecule has 1 atom stereocenters. The molecule has 0 aliphatic carbocycles. The Balaban J connectivity index is 1.36. The first kappa shape index (κ1) is 25.1. The number of hydrogen-bond acceptors (Lipinski definition) is 7. The Morgan fingerprint density at radius 3 is 2.68 bits per heavy atom. The van der Waals surface area contributed by atoms with Gasteiger partial charge in [-0.05, 0) is 42.0 Å². The van der Waals surface area contributed by atoms with E-state index in [0.717, 1.165) is 23.1 Å². The van der Waals surface area contributed by atoms with Gasteiger partial charge in [0, 0.05) is 23.9 Å². The molecule has 38 heavy (non-hydrogen) atoms. The van der Waals surface area contributed by atoms with Crippen molar-refractivity contribution >= 4 is 17.8 Å². The summed E-state index contributed by atoms with van der Waals surface area (Å²) < 4.78 is 0. The molecule has 192 valence electrons. The van der Waals surface area contributed by atoms with Crippen molar-refractivity contribution in [2.45, 2.75) is 51.9 Å². The Morgan fingerprint density at radius 2 is 1.95 bits per heavy atom. The van der Waals surface area contributed by atoms with E-state index in [1.165, 1.54) is 4.90 Å². The molecule has 5 rings (SSSR count). The van der Waals surface area contributed by atoms with Crippen LogP contribution in [0.3, 0.4) is 0 Å². The van der Waals surface area contributed by atoms with E-state index in [2.05, 4.69) is 23.8 Å². The Kier molecular flexibility index (Phi) is 6.64. The Bertz CT molecular complexity index is 1460. The number of aromatic nitrogens is 2. The van der Waals surface area contributed by atoms with Crippen LogP contribution in [0.25, 0.3) is 0 Å². The Morgan fingerprint density at radius 1 is 1.16 bits per heavy atom. The number of hydrogen-bond donors (Lipinski definition) is 1. The number of nitrogens with zero attached hydrogens (tertiary/aromatic N) is 6. The molecule has 0 bridgehead atoms. The van der Waals surface area contributed by atoms with Crippen LogP contribution in [0, 0.1) is 17.2 Å². The number of nitrogens with two attached hydrogens (primary N) is 1. The van der Waals surface area contributed by atoms with Crippen molar-refractivity contribution in [2.75, 3.05) is 0 Å². The summed E-state index contributed by atoms with van der Waals surface area (Å²) in [6, 6.07) is 18.7. The standard InChI is InChI=1S/C29H29N7O2/c1-19(2)11-12-29(23-9-4-3-5-10-23)27(38)36(28(31)34-29)16-20-7-6-8-21(13-20)26(37)35-17-22-15-32-25(14-30)33-24(22)18-35/h3-10,13,15,19H,11-12,16-18H2,1-2H3,(H2,31,34). The van der Waals surface area contributed by atoms with Crippen LogP contribution in [0.5, 0.6) is 0 Å². The summed E-state index contributed by atoms with van der Waals surface area (Å²) in [6.45, 7) is 5.15. The maximum Gasteiger partial charge on any atom is 0.262 e. The highest BCUT2D eigenvalue weighted by Gasteiger charge is 2.48. The highest BCUT2D eigenvalue weighted by Crippen LogP contribution is 2.39. The molecule has 0 spiro atoms. The lowest BCUT2D eigenvalue weighted by atomic mass is 9.83. The molecule has 2 aliphatic rings.